The number of aromatic nitrogens is 1. The first-order valence-corrected chi connectivity index (χ1v) is 9.37. The number of aromatic amines is 1. The summed E-state index contributed by atoms with van der Waals surface area (Å²) in [5.41, 5.74) is 1.58. The Morgan fingerprint density at radius 2 is 1.89 bits per heavy atom. The molecule has 8 heteroatoms. The van der Waals surface area contributed by atoms with Crippen LogP contribution in [-0.2, 0) is 11.2 Å². The third-order valence-corrected chi connectivity index (χ3v) is 4.11. The Kier molecular flexibility index (Phi) is 9.71. The molecule has 0 saturated carbocycles. The van der Waals surface area contributed by atoms with Gasteiger partial charge >= 0.3 is 0 Å². The van der Waals surface area contributed by atoms with Crippen LogP contribution in [0.3, 0.4) is 0 Å². The van der Waals surface area contributed by atoms with Crippen molar-refractivity contribution < 1.29 is 9.18 Å². The van der Waals surface area contributed by atoms with Crippen molar-refractivity contribution >= 4 is 46.7 Å². The Labute approximate surface area is 183 Å². The SMILES string of the molecule is CCNC(=NCCc1c[nH]c2ccc(F)cc12)NCCNC(=O)C(C)(C)C.I. The minimum atomic E-state index is -0.391. The lowest BCUT2D eigenvalue weighted by Crippen LogP contribution is -2.43. The van der Waals surface area contributed by atoms with Crippen LogP contribution in [0, 0.1) is 11.2 Å². The minimum Gasteiger partial charge on any atom is -0.361 e. The van der Waals surface area contributed by atoms with Gasteiger partial charge in [0, 0.05) is 48.7 Å². The minimum absolute atomic E-state index is 0. The van der Waals surface area contributed by atoms with Crippen molar-refractivity contribution in [2.24, 2.45) is 10.4 Å². The van der Waals surface area contributed by atoms with Crippen LogP contribution < -0.4 is 16.0 Å². The molecule has 0 aliphatic rings. The molecule has 0 atom stereocenters. The van der Waals surface area contributed by atoms with Gasteiger partial charge in [-0.05, 0) is 37.1 Å². The van der Waals surface area contributed by atoms with E-state index in [4.69, 9.17) is 0 Å². The molecule has 0 spiro atoms. The molecule has 0 radical (unpaired) electrons. The molecule has 0 fully saturated rings. The predicted molar refractivity (Wildman–Crippen MR) is 124 cm³/mol. The number of carbonyl (C=O) groups excluding carboxylic acids is 1. The second-order valence-electron chi connectivity index (χ2n) is 7.45. The Hall–Kier alpha value is -1.84. The zero-order valence-corrected chi connectivity index (χ0v) is 19.3. The average molecular weight is 503 g/mol. The van der Waals surface area contributed by atoms with Crippen molar-refractivity contribution in [2.75, 3.05) is 26.2 Å². The number of H-pyrrole nitrogens is 1. The lowest BCUT2D eigenvalue weighted by atomic mass is 9.96. The van der Waals surface area contributed by atoms with Crippen molar-refractivity contribution in [3.05, 3.63) is 35.8 Å². The summed E-state index contributed by atoms with van der Waals surface area (Å²) in [6.45, 7) is 10.1. The second-order valence-corrected chi connectivity index (χ2v) is 7.45. The van der Waals surface area contributed by atoms with Crippen LogP contribution in [0.25, 0.3) is 10.9 Å². The fourth-order valence-corrected chi connectivity index (χ4v) is 2.61. The summed E-state index contributed by atoms with van der Waals surface area (Å²) in [6.07, 6.45) is 2.61. The lowest BCUT2D eigenvalue weighted by Gasteiger charge is -2.18. The number of guanidine groups is 1. The van der Waals surface area contributed by atoms with E-state index in [1.807, 2.05) is 33.9 Å². The third kappa shape index (κ3) is 7.29. The van der Waals surface area contributed by atoms with Gasteiger partial charge in [-0.2, -0.15) is 0 Å². The van der Waals surface area contributed by atoms with Crippen molar-refractivity contribution in [1.29, 1.82) is 0 Å². The van der Waals surface area contributed by atoms with Crippen LogP contribution >= 0.6 is 24.0 Å². The molecular weight excluding hydrogens is 472 g/mol. The quantitative estimate of drug-likeness (QED) is 0.203. The molecule has 156 valence electrons. The highest BCUT2D eigenvalue weighted by atomic mass is 127. The van der Waals surface area contributed by atoms with E-state index in [2.05, 4.69) is 25.9 Å². The smallest absolute Gasteiger partial charge is 0.225 e. The topological polar surface area (TPSA) is 81.3 Å². The molecule has 0 aliphatic carbocycles. The normalized spacial score (nSPS) is 11.8. The number of fused-ring (bicyclic) bond motifs is 1. The molecular formula is C20H31FIN5O. The monoisotopic (exact) mass is 503 g/mol. The van der Waals surface area contributed by atoms with Crippen LogP contribution in [0.15, 0.2) is 29.4 Å². The molecule has 0 saturated heterocycles. The number of amides is 1. The molecule has 1 aromatic heterocycles. The van der Waals surface area contributed by atoms with Gasteiger partial charge in [0.25, 0.3) is 0 Å². The summed E-state index contributed by atoms with van der Waals surface area (Å²) in [7, 11) is 0. The maximum Gasteiger partial charge on any atom is 0.225 e. The maximum absolute atomic E-state index is 13.5. The van der Waals surface area contributed by atoms with Crippen LogP contribution in [0.1, 0.15) is 33.3 Å². The molecule has 0 unspecified atom stereocenters. The zero-order chi connectivity index (χ0) is 19.9. The molecule has 6 nitrogen and oxygen atoms in total. The number of nitrogens with zero attached hydrogens (tertiary/aromatic N) is 1. The summed E-state index contributed by atoms with van der Waals surface area (Å²) in [4.78, 5) is 19.6. The first kappa shape index (κ1) is 24.2. The maximum atomic E-state index is 13.5. The van der Waals surface area contributed by atoms with Gasteiger partial charge in [-0.3, -0.25) is 9.79 Å². The molecule has 0 bridgehead atoms. The molecule has 1 amide bonds. The van der Waals surface area contributed by atoms with Gasteiger partial charge in [0.2, 0.25) is 5.91 Å². The number of carbonyl (C=O) groups is 1. The van der Waals surface area contributed by atoms with Crippen LogP contribution in [0.5, 0.6) is 0 Å². The summed E-state index contributed by atoms with van der Waals surface area (Å²) in [6, 6.07) is 4.74. The number of hydrogen-bond acceptors (Lipinski definition) is 2. The Morgan fingerprint density at radius 1 is 1.18 bits per heavy atom. The van der Waals surface area contributed by atoms with E-state index in [0.29, 0.717) is 32.0 Å². The molecule has 1 heterocycles. The van der Waals surface area contributed by atoms with Gasteiger partial charge < -0.3 is 20.9 Å². The standard InChI is InChI=1S/C20H30FN5O.HI/c1-5-22-19(25-11-10-23-18(27)20(2,3)4)24-9-8-14-13-26-17-7-6-15(21)12-16(14)17;/h6-7,12-13,26H,5,8-11H2,1-4H3,(H,23,27)(H2,22,24,25);1H. The van der Waals surface area contributed by atoms with E-state index in [9.17, 15) is 9.18 Å². The van der Waals surface area contributed by atoms with E-state index >= 15 is 0 Å². The van der Waals surface area contributed by atoms with Crippen LogP contribution in [0.2, 0.25) is 0 Å². The summed E-state index contributed by atoms with van der Waals surface area (Å²) in [5.74, 6) is 0.491. The van der Waals surface area contributed by atoms with Crippen molar-refractivity contribution in [2.45, 2.75) is 34.1 Å². The van der Waals surface area contributed by atoms with Gasteiger partial charge in [-0.15, -0.1) is 24.0 Å². The van der Waals surface area contributed by atoms with Crippen LogP contribution in [0.4, 0.5) is 4.39 Å². The van der Waals surface area contributed by atoms with Gasteiger partial charge in [0.05, 0.1) is 0 Å². The number of aliphatic imine (C=N–C) groups is 1. The number of nitrogens with one attached hydrogen (secondary N) is 4. The fraction of sp³-hybridized carbons (Fsp3) is 0.500. The Bertz CT molecular complexity index is 797. The van der Waals surface area contributed by atoms with Crippen molar-refractivity contribution in [3.63, 3.8) is 0 Å². The summed E-state index contributed by atoms with van der Waals surface area (Å²) >= 11 is 0. The Morgan fingerprint density at radius 3 is 2.57 bits per heavy atom. The third-order valence-electron chi connectivity index (χ3n) is 4.11. The number of rotatable bonds is 7. The van der Waals surface area contributed by atoms with Gasteiger partial charge in [0.15, 0.2) is 5.96 Å². The molecule has 2 aromatic rings. The molecule has 2 rings (SSSR count). The fourth-order valence-electron chi connectivity index (χ4n) is 2.61. The van der Waals surface area contributed by atoms with E-state index in [1.54, 1.807) is 12.1 Å². The van der Waals surface area contributed by atoms with Crippen molar-refractivity contribution in [3.8, 4) is 0 Å². The highest BCUT2D eigenvalue weighted by Gasteiger charge is 2.20. The average Bonchev–Trinajstić information content (AvgIpc) is 2.99. The molecule has 0 aliphatic heterocycles. The van der Waals surface area contributed by atoms with E-state index < -0.39 is 5.41 Å². The largest absolute Gasteiger partial charge is 0.361 e. The van der Waals surface area contributed by atoms with Crippen molar-refractivity contribution in [1.82, 2.24) is 20.9 Å². The number of halogens is 2. The second kappa shape index (κ2) is 11.2. The highest BCUT2D eigenvalue weighted by molar-refractivity contribution is 14.0. The first-order chi connectivity index (χ1) is 12.8. The van der Waals surface area contributed by atoms with Crippen LogP contribution in [-0.4, -0.2) is 43.0 Å². The zero-order valence-electron chi connectivity index (χ0n) is 17.0. The van der Waals surface area contributed by atoms with E-state index in [0.717, 1.165) is 23.0 Å². The van der Waals surface area contributed by atoms with E-state index in [1.165, 1.54) is 6.07 Å². The summed E-state index contributed by atoms with van der Waals surface area (Å²) < 4.78 is 13.5. The van der Waals surface area contributed by atoms with Gasteiger partial charge in [-0.1, -0.05) is 20.8 Å². The van der Waals surface area contributed by atoms with Gasteiger partial charge in [-0.25, -0.2) is 4.39 Å². The number of benzene rings is 1. The highest BCUT2D eigenvalue weighted by Crippen LogP contribution is 2.19. The Balaban J connectivity index is 0.00000392. The lowest BCUT2D eigenvalue weighted by molar-refractivity contribution is -0.128. The van der Waals surface area contributed by atoms with E-state index in [-0.39, 0.29) is 35.7 Å². The predicted octanol–water partition coefficient (Wildman–Crippen LogP) is 3.18. The molecule has 1 aromatic carbocycles. The molecule has 4 N–H and O–H groups in total. The summed E-state index contributed by atoms with van der Waals surface area (Å²) in [5, 5.41) is 10.2. The van der Waals surface area contributed by atoms with Gasteiger partial charge in [0.1, 0.15) is 5.82 Å². The number of hydrogen-bond donors (Lipinski definition) is 4. The molecule has 28 heavy (non-hydrogen) atoms. The first-order valence-electron chi connectivity index (χ1n) is 9.37.